The summed E-state index contributed by atoms with van der Waals surface area (Å²) in [6, 6.07) is 6.38. The van der Waals surface area contributed by atoms with E-state index in [1.807, 2.05) is 4.90 Å². The number of carbonyl (C=O) groups excluding carboxylic acids is 3. The molecule has 7 nitrogen and oxygen atoms in total. The second kappa shape index (κ2) is 10.0. The molecule has 9 heteroatoms. The number of piperazine rings is 1. The highest BCUT2D eigenvalue weighted by Crippen LogP contribution is 2.34. The van der Waals surface area contributed by atoms with Gasteiger partial charge < -0.3 is 15.0 Å². The third kappa shape index (κ3) is 5.48. The fraction of sp³-hybridized carbons (Fsp3) is 0.409. The quantitative estimate of drug-likeness (QED) is 0.518. The molecule has 2 heterocycles. The zero-order valence-corrected chi connectivity index (χ0v) is 18.7. The van der Waals surface area contributed by atoms with Crippen molar-refractivity contribution in [2.24, 2.45) is 0 Å². The van der Waals surface area contributed by atoms with E-state index in [0.717, 1.165) is 30.1 Å². The van der Waals surface area contributed by atoms with E-state index in [2.05, 4.69) is 10.2 Å². The van der Waals surface area contributed by atoms with Crippen molar-refractivity contribution >= 4 is 39.7 Å². The summed E-state index contributed by atoms with van der Waals surface area (Å²) < 4.78 is 18.2. The molecule has 31 heavy (non-hydrogen) atoms. The molecule has 0 saturated carbocycles. The molecule has 1 aliphatic heterocycles. The average Bonchev–Trinajstić information content (AvgIpc) is 3.05. The molecule has 166 valence electrons. The van der Waals surface area contributed by atoms with E-state index in [4.69, 9.17) is 4.74 Å². The van der Waals surface area contributed by atoms with Gasteiger partial charge in [0.15, 0.2) is 5.78 Å². The SMILES string of the molecule is CCOC(=O)c1c(NC(=O)CN2CCN(c3ccc(F)cc3)CC2)sc(C(C)=O)c1C. The number of amides is 1. The topological polar surface area (TPSA) is 79.0 Å². The molecule has 0 bridgehead atoms. The van der Waals surface area contributed by atoms with Crippen LogP contribution in [0.2, 0.25) is 0 Å². The Hall–Kier alpha value is -2.78. The normalized spacial score (nSPS) is 14.4. The van der Waals surface area contributed by atoms with Gasteiger partial charge in [-0.15, -0.1) is 11.3 Å². The molecule has 1 fully saturated rings. The van der Waals surface area contributed by atoms with Crippen LogP contribution in [0.1, 0.15) is 39.4 Å². The van der Waals surface area contributed by atoms with E-state index in [0.29, 0.717) is 28.5 Å². The highest BCUT2D eigenvalue weighted by Gasteiger charge is 2.26. The van der Waals surface area contributed by atoms with Crippen molar-refractivity contribution in [3.05, 3.63) is 46.1 Å². The molecule has 0 aliphatic carbocycles. The Labute approximate surface area is 184 Å². The van der Waals surface area contributed by atoms with E-state index in [1.54, 1.807) is 26.0 Å². The number of ether oxygens (including phenoxy) is 1. The molecule has 1 aromatic heterocycles. The van der Waals surface area contributed by atoms with Crippen molar-refractivity contribution in [3.8, 4) is 0 Å². The number of halogens is 1. The molecule has 0 spiro atoms. The fourth-order valence-electron chi connectivity index (χ4n) is 3.57. The molecule has 0 radical (unpaired) electrons. The van der Waals surface area contributed by atoms with Crippen LogP contribution in [-0.4, -0.2) is 61.9 Å². The van der Waals surface area contributed by atoms with Gasteiger partial charge in [0.1, 0.15) is 10.8 Å². The molecule has 1 aromatic carbocycles. The molecule has 0 unspecified atom stereocenters. The Morgan fingerprint density at radius 1 is 1.13 bits per heavy atom. The van der Waals surface area contributed by atoms with Crippen LogP contribution >= 0.6 is 11.3 Å². The van der Waals surface area contributed by atoms with Gasteiger partial charge in [-0.25, -0.2) is 9.18 Å². The van der Waals surface area contributed by atoms with E-state index in [9.17, 15) is 18.8 Å². The summed E-state index contributed by atoms with van der Waals surface area (Å²) in [5.41, 5.74) is 1.72. The van der Waals surface area contributed by atoms with Crippen molar-refractivity contribution in [3.63, 3.8) is 0 Å². The number of benzene rings is 1. The van der Waals surface area contributed by atoms with E-state index >= 15 is 0 Å². The smallest absolute Gasteiger partial charge is 0.341 e. The first kappa shape index (κ1) is 22.9. The maximum atomic E-state index is 13.1. The number of Topliss-reactive ketones (excluding diaryl/α,β-unsaturated/α-hetero) is 1. The van der Waals surface area contributed by atoms with Crippen molar-refractivity contribution in [1.82, 2.24) is 4.90 Å². The lowest BCUT2D eigenvalue weighted by Gasteiger charge is -2.35. The summed E-state index contributed by atoms with van der Waals surface area (Å²) in [5.74, 6) is -1.23. The Morgan fingerprint density at radius 3 is 2.35 bits per heavy atom. The summed E-state index contributed by atoms with van der Waals surface area (Å²) in [4.78, 5) is 41.5. The van der Waals surface area contributed by atoms with Crippen molar-refractivity contribution in [2.45, 2.75) is 20.8 Å². The molecule has 1 amide bonds. The zero-order chi connectivity index (χ0) is 22.5. The van der Waals surface area contributed by atoms with Crippen LogP contribution < -0.4 is 10.2 Å². The number of nitrogens with one attached hydrogen (secondary N) is 1. The fourth-order valence-corrected chi connectivity index (χ4v) is 4.68. The molecule has 1 aliphatic rings. The van der Waals surface area contributed by atoms with Gasteiger partial charge in [-0.05, 0) is 50.6 Å². The Bertz CT molecular complexity index is 966. The molecule has 1 N–H and O–H groups in total. The molecular weight excluding hydrogens is 421 g/mol. The van der Waals surface area contributed by atoms with Crippen LogP contribution in [0.4, 0.5) is 15.1 Å². The second-order valence-electron chi connectivity index (χ2n) is 7.32. The molecule has 2 aromatic rings. The monoisotopic (exact) mass is 447 g/mol. The van der Waals surface area contributed by atoms with Gasteiger partial charge in [0.2, 0.25) is 5.91 Å². The number of ketones is 1. The van der Waals surface area contributed by atoms with Crippen LogP contribution in [0.3, 0.4) is 0 Å². The van der Waals surface area contributed by atoms with Gasteiger partial charge in [-0.3, -0.25) is 14.5 Å². The van der Waals surface area contributed by atoms with Gasteiger partial charge in [0.05, 0.1) is 23.6 Å². The predicted molar refractivity (Wildman–Crippen MR) is 119 cm³/mol. The maximum absolute atomic E-state index is 13.1. The predicted octanol–water partition coefficient (Wildman–Crippen LogP) is 3.34. The van der Waals surface area contributed by atoms with Crippen molar-refractivity contribution in [1.29, 1.82) is 0 Å². The lowest BCUT2D eigenvalue weighted by Crippen LogP contribution is -2.48. The first-order valence-electron chi connectivity index (χ1n) is 10.1. The van der Waals surface area contributed by atoms with Gasteiger partial charge >= 0.3 is 5.97 Å². The van der Waals surface area contributed by atoms with Gasteiger partial charge in [-0.2, -0.15) is 0 Å². The van der Waals surface area contributed by atoms with Crippen LogP contribution in [0.25, 0.3) is 0 Å². The van der Waals surface area contributed by atoms with Crippen LogP contribution in [0.5, 0.6) is 0 Å². The summed E-state index contributed by atoms with van der Waals surface area (Å²) in [6.07, 6.45) is 0. The van der Waals surface area contributed by atoms with E-state index < -0.39 is 5.97 Å². The highest BCUT2D eigenvalue weighted by atomic mass is 32.1. The Balaban J connectivity index is 1.62. The molecular formula is C22H26FN3O4S. The number of anilines is 2. The molecule has 3 rings (SSSR count). The lowest BCUT2D eigenvalue weighted by atomic mass is 10.1. The largest absolute Gasteiger partial charge is 0.462 e. The van der Waals surface area contributed by atoms with E-state index in [1.165, 1.54) is 19.1 Å². The number of thiophene rings is 1. The zero-order valence-electron chi connectivity index (χ0n) is 17.9. The number of carbonyl (C=O) groups is 3. The Morgan fingerprint density at radius 2 is 1.77 bits per heavy atom. The first-order valence-corrected chi connectivity index (χ1v) is 11.0. The van der Waals surface area contributed by atoms with Crippen molar-refractivity contribution < 1.29 is 23.5 Å². The summed E-state index contributed by atoms with van der Waals surface area (Å²) in [5, 5.41) is 3.14. The summed E-state index contributed by atoms with van der Waals surface area (Å²) in [7, 11) is 0. The van der Waals surface area contributed by atoms with Gasteiger partial charge in [0, 0.05) is 31.9 Å². The minimum absolute atomic E-state index is 0.162. The van der Waals surface area contributed by atoms with E-state index in [-0.39, 0.29) is 36.2 Å². The number of nitrogens with zero attached hydrogens (tertiary/aromatic N) is 2. The maximum Gasteiger partial charge on any atom is 0.341 e. The molecule has 0 atom stereocenters. The molecule has 1 saturated heterocycles. The highest BCUT2D eigenvalue weighted by molar-refractivity contribution is 7.18. The van der Waals surface area contributed by atoms with Gasteiger partial charge in [-0.1, -0.05) is 0 Å². The third-order valence-electron chi connectivity index (χ3n) is 5.13. The Kier molecular flexibility index (Phi) is 7.40. The second-order valence-corrected chi connectivity index (χ2v) is 8.35. The third-order valence-corrected chi connectivity index (χ3v) is 6.44. The van der Waals surface area contributed by atoms with Crippen LogP contribution in [0.15, 0.2) is 24.3 Å². The van der Waals surface area contributed by atoms with Crippen molar-refractivity contribution in [2.75, 3.05) is 49.5 Å². The number of esters is 1. The minimum atomic E-state index is -0.549. The van der Waals surface area contributed by atoms with Gasteiger partial charge in [0.25, 0.3) is 0 Å². The first-order chi connectivity index (χ1) is 14.8. The average molecular weight is 448 g/mol. The lowest BCUT2D eigenvalue weighted by molar-refractivity contribution is -0.117. The number of hydrogen-bond donors (Lipinski definition) is 1. The summed E-state index contributed by atoms with van der Waals surface area (Å²) >= 11 is 1.10. The number of rotatable bonds is 7. The van der Waals surface area contributed by atoms with Crippen LogP contribution in [0, 0.1) is 12.7 Å². The summed E-state index contributed by atoms with van der Waals surface area (Å²) in [6.45, 7) is 7.99. The number of hydrogen-bond acceptors (Lipinski definition) is 7. The minimum Gasteiger partial charge on any atom is -0.462 e. The van der Waals surface area contributed by atoms with Crippen LogP contribution in [-0.2, 0) is 9.53 Å². The standard InChI is InChI=1S/C22H26FN3O4S/c1-4-30-22(29)19-14(2)20(15(3)27)31-21(19)24-18(28)13-25-9-11-26(12-10-25)17-7-5-16(23)6-8-17/h5-8H,4,9-13H2,1-3H3,(H,24,28).